The fourth-order valence-corrected chi connectivity index (χ4v) is 3.59. The van der Waals surface area contributed by atoms with E-state index in [1.807, 2.05) is 0 Å². The fourth-order valence-electron chi connectivity index (χ4n) is 3.59. The molecule has 0 bridgehead atoms. The van der Waals surface area contributed by atoms with Crippen molar-refractivity contribution in [1.82, 2.24) is 0 Å². The highest BCUT2D eigenvalue weighted by Crippen LogP contribution is 2.37. The molecular formula is C21H40O5. The summed E-state index contributed by atoms with van der Waals surface area (Å²) in [4.78, 5) is 23.5. The molecule has 0 amide bonds. The van der Waals surface area contributed by atoms with E-state index in [2.05, 4.69) is 13.8 Å². The Morgan fingerprint density at radius 3 is 1.35 bits per heavy atom. The molecule has 0 saturated heterocycles. The van der Waals surface area contributed by atoms with Crippen LogP contribution in [0.5, 0.6) is 0 Å². The lowest BCUT2D eigenvalue weighted by Gasteiger charge is -2.32. The van der Waals surface area contributed by atoms with E-state index in [-0.39, 0.29) is 12.8 Å². The number of carboxylic acid groups (broad SMARTS) is 2. The maximum atomic E-state index is 11.7. The smallest absolute Gasteiger partial charge is 0.309 e. The molecule has 0 radical (unpaired) electrons. The van der Waals surface area contributed by atoms with Crippen LogP contribution in [0.1, 0.15) is 105 Å². The van der Waals surface area contributed by atoms with Crippen molar-refractivity contribution in [3.05, 3.63) is 0 Å². The summed E-state index contributed by atoms with van der Waals surface area (Å²) in [7, 11) is 0. The van der Waals surface area contributed by atoms with Crippen molar-refractivity contribution in [3.63, 3.8) is 0 Å². The molecule has 0 aliphatic heterocycles. The Hall–Kier alpha value is -1.10. The average Bonchev–Trinajstić information content (AvgIpc) is 2.55. The first-order chi connectivity index (χ1) is 12.1. The lowest BCUT2D eigenvalue weighted by atomic mass is 9.74. The molecule has 0 aliphatic carbocycles. The van der Waals surface area contributed by atoms with Gasteiger partial charge in [-0.15, -0.1) is 0 Å². The molecule has 5 nitrogen and oxygen atoms in total. The molecule has 26 heavy (non-hydrogen) atoms. The van der Waals surface area contributed by atoms with Crippen LogP contribution in [0.25, 0.3) is 0 Å². The van der Waals surface area contributed by atoms with Crippen LogP contribution in [0.15, 0.2) is 0 Å². The maximum Gasteiger partial charge on any atom is 0.309 e. The molecule has 0 aromatic carbocycles. The monoisotopic (exact) mass is 372 g/mol. The number of aliphatic hydroxyl groups is 1. The van der Waals surface area contributed by atoms with E-state index in [0.29, 0.717) is 12.8 Å². The number of carboxylic acids is 2. The lowest BCUT2D eigenvalue weighted by Crippen LogP contribution is -2.37. The van der Waals surface area contributed by atoms with Gasteiger partial charge in [0.05, 0.1) is 16.9 Å². The quantitative estimate of drug-likeness (QED) is 0.322. The van der Waals surface area contributed by atoms with Gasteiger partial charge in [0.2, 0.25) is 0 Å². The zero-order chi connectivity index (χ0) is 20.2. The fraction of sp³-hybridized carbons (Fsp3) is 0.905. The van der Waals surface area contributed by atoms with Crippen molar-refractivity contribution in [1.29, 1.82) is 0 Å². The molecule has 5 heteroatoms. The van der Waals surface area contributed by atoms with Crippen molar-refractivity contribution in [2.24, 2.45) is 10.8 Å². The van der Waals surface area contributed by atoms with Crippen LogP contribution in [-0.2, 0) is 9.59 Å². The van der Waals surface area contributed by atoms with E-state index in [9.17, 15) is 24.9 Å². The summed E-state index contributed by atoms with van der Waals surface area (Å²) < 4.78 is 0. The van der Waals surface area contributed by atoms with Crippen LogP contribution in [0.2, 0.25) is 0 Å². The van der Waals surface area contributed by atoms with Gasteiger partial charge in [-0.05, 0) is 39.5 Å². The van der Waals surface area contributed by atoms with Crippen molar-refractivity contribution < 1.29 is 24.9 Å². The van der Waals surface area contributed by atoms with Gasteiger partial charge in [-0.25, -0.2) is 0 Å². The highest BCUT2D eigenvalue weighted by Gasteiger charge is 2.40. The SMILES string of the molecule is CCCCCCC(C)(CC(O)CC(C)(CCCCCC)C(=O)O)C(=O)O. The zero-order valence-corrected chi connectivity index (χ0v) is 17.2. The molecule has 0 aliphatic rings. The Morgan fingerprint density at radius 2 is 1.08 bits per heavy atom. The highest BCUT2D eigenvalue weighted by molar-refractivity contribution is 5.75. The maximum absolute atomic E-state index is 11.7. The van der Waals surface area contributed by atoms with Crippen molar-refractivity contribution in [2.45, 2.75) is 111 Å². The number of aliphatic hydroxyl groups excluding tert-OH is 1. The van der Waals surface area contributed by atoms with Gasteiger partial charge in [0.15, 0.2) is 0 Å². The number of carbonyl (C=O) groups is 2. The molecule has 3 N–H and O–H groups in total. The van der Waals surface area contributed by atoms with Crippen molar-refractivity contribution in [2.75, 3.05) is 0 Å². The summed E-state index contributed by atoms with van der Waals surface area (Å²) >= 11 is 0. The van der Waals surface area contributed by atoms with Crippen LogP contribution in [0, 0.1) is 10.8 Å². The van der Waals surface area contributed by atoms with Crippen LogP contribution in [0.4, 0.5) is 0 Å². The van der Waals surface area contributed by atoms with Crippen molar-refractivity contribution in [3.8, 4) is 0 Å². The van der Waals surface area contributed by atoms with E-state index in [1.54, 1.807) is 13.8 Å². The van der Waals surface area contributed by atoms with Gasteiger partial charge in [0.1, 0.15) is 0 Å². The molecule has 0 saturated carbocycles. The molecule has 0 aromatic heterocycles. The average molecular weight is 373 g/mol. The molecule has 0 fully saturated rings. The molecule has 0 heterocycles. The Morgan fingerprint density at radius 1 is 0.731 bits per heavy atom. The van der Waals surface area contributed by atoms with Gasteiger partial charge < -0.3 is 15.3 Å². The first kappa shape index (κ1) is 24.9. The Balaban J connectivity index is 4.80. The summed E-state index contributed by atoms with van der Waals surface area (Å²) in [6.45, 7) is 7.55. The molecule has 0 rings (SSSR count). The van der Waals surface area contributed by atoms with Crippen LogP contribution < -0.4 is 0 Å². The van der Waals surface area contributed by atoms with Crippen LogP contribution in [-0.4, -0.2) is 33.4 Å². The largest absolute Gasteiger partial charge is 0.481 e. The van der Waals surface area contributed by atoms with Gasteiger partial charge in [-0.1, -0.05) is 65.2 Å². The third-order valence-corrected chi connectivity index (χ3v) is 5.57. The third-order valence-electron chi connectivity index (χ3n) is 5.57. The first-order valence-electron chi connectivity index (χ1n) is 10.3. The normalized spacial score (nSPS) is 17.3. The molecule has 154 valence electrons. The Kier molecular flexibility index (Phi) is 11.8. The Bertz CT molecular complexity index is 385. The summed E-state index contributed by atoms with van der Waals surface area (Å²) in [6, 6.07) is 0. The number of unbranched alkanes of at least 4 members (excludes halogenated alkanes) is 6. The lowest BCUT2D eigenvalue weighted by molar-refractivity contribution is -0.153. The van der Waals surface area contributed by atoms with E-state index < -0.39 is 28.9 Å². The predicted molar refractivity (Wildman–Crippen MR) is 104 cm³/mol. The number of hydrogen-bond donors (Lipinski definition) is 3. The topological polar surface area (TPSA) is 94.8 Å². The summed E-state index contributed by atoms with van der Waals surface area (Å²) in [6.07, 6.45) is 8.24. The molecule has 2 unspecified atom stereocenters. The summed E-state index contributed by atoms with van der Waals surface area (Å²) in [5, 5.41) is 29.7. The zero-order valence-electron chi connectivity index (χ0n) is 17.2. The van der Waals surface area contributed by atoms with Crippen LogP contribution in [0.3, 0.4) is 0 Å². The molecule has 0 aromatic rings. The minimum absolute atomic E-state index is 0.103. The number of rotatable bonds is 16. The van der Waals surface area contributed by atoms with Crippen LogP contribution >= 0.6 is 0 Å². The van der Waals surface area contributed by atoms with Gasteiger partial charge in [0.25, 0.3) is 0 Å². The second kappa shape index (κ2) is 12.3. The van der Waals surface area contributed by atoms with Gasteiger partial charge in [0, 0.05) is 0 Å². The number of aliphatic carboxylic acids is 2. The van der Waals surface area contributed by atoms with E-state index in [0.717, 1.165) is 51.4 Å². The minimum atomic E-state index is -1.01. The van der Waals surface area contributed by atoms with Gasteiger partial charge in [-0.2, -0.15) is 0 Å². The number of hydrogen-bond acceptors (Lipinski definition) is 3. The second-order valence-electron chi connectivity index (χ2n) is 8.42. The Labute approximate surface area is 159 Å². The molecule has 0 spiro atoms. The van der Waals surface area contributed by atoms with E-state index in [1.165, 1.54) is 0 Å². The van der Waals surface area contributed by atoms with Gasteiger partial charge >= 0.3 is 11.9 Å². The van der Waals surface area contributed by atoms with Crippen molar-refractivity contribution >= 4 is 11.9 Å². The first-order valence-corrected chi connectivity index (χ1v) is 10.3. The van der Waals surface area contributed by atoms with E-state index in [4.69, 9.17) is 0 Å². The predicted octanol–water partition coefficient (Wildman–Crippen LogP) is 5.25. The second-order valence-corrected chi connectivity index (χ2v) is 8.42. The third kappa shape index (κ3) is 9.02. The highest BCUT2D eigenvalue weighted by atomic mass is 16.4. The standard InChI is InChI=1S/C21H40O5/c1-5-7-9-11-13-20(3,18(23)24)15-17(22)16-21(4,19(25)26)14-12-10-8-6-2/h17,22H,5-16H2,1-4H3,(H,23,24)(H,25,26). The minimum Gasteiger partial charge on any atom is -0.481 e. The summed E-state index contributed by atoms with van der Waals surface area (Å²) in [5.74, 6) is -1.82. The summed E-state index contributed by atoms with van der Waals surface area (Å²) in [5.41, 5.74) is -2.01. The molecular weight excluding hydrogens is 332 g/mol. The van der Waals surface area contributed by atoms with E-state index >= 15 is 0 Å². The van der Waals surface area contributed by atoms with Gasteiger partial charge in [-0.3, -0.25) is 9.59 Å². The molecule has 2 atom stereocenters.